The fourth-order valence-electron chi connectivity index (χ4n) is 3.27. The number of likely N-dealkylation sites (N-methyl/N-ethyl adjacent to an activating group) is 1. The molecule has 1 fully saturated rings. The Morgan fingerprint density at radius 3 is 2.69 bits per heavy atom. The molecule has 1 aromatic carbocycles. The van der Waals surface area contributed by atoms with Gasteiger partial charge in [-0.2, -0.15) is 17.4 Å². The molecule has 1 aliphatic rings. The first-order chi connectivity index (χ1) is 13.9. The summed E-state index contributed by atoms with van der Waals surface area (Å²) in [5, 5.41) is 2.83. The summed E-state index contributed by atoms with van der Waals surface area (Å²) in [5.74, 6) is 1.37. The van der Waals surface area contributed by atoms with Crippen LogP contribution < -0.4 is 19.5 Å². The molecule has 1 aromatic heterocycles. The standard InChI is InChI=1S/C19H25N3O6S/c1-22-15(12-14(21-29(22,24)25)16-5-4-10-28-16)19(23)20-9-8-13-6-7-17(26-2)18(11-13)27-3/h4-7,10-11,14-15,21H,8-9,12H2,1-3H3,(H,20,23)/t14-,15+/m0/s1. The van der Waals surface area contributed by atoms with Gasteiger partial charge in [0.05, 0.1) is 26.5 Å². The first kappa shape index (κ1) is 21.2. The van der Waals surface area contributed by atoms with Gasteiger partial charge in [-0.3, -0.25) is 4.79 Å². The summed E-state index contributed by atoms with van der Waals surface area (Å²) in [6.45, 7) is 0.359. The molecule has 3 rings (SSSR count). The number of methoxy groups -OCH3 is 2. The third-order valence-electron chi connectivity index (χ3n) is 4.92. The number of nitrogens with zero attached hydrogens (tertiary/aromatic N) is 1. The predicted molar refractivity (Wildman–Crippen MR) is 106 cm³/mol. The number of rotatable bonds is 7. The van der Waals surface area contributed by atoms with Crippen LogP contribution in [0.15, 0.2) is 41.0 Å². The van der Waals surface area contributed by atoms with E-state index in [4.69, 9.17) is 13.9 Å². The van der Waals surface area contributed by atoms with Crippen molar-refractivity contribution in [2.45, 2.75) is 24.9 Å². The molecule has 158 valence electrons. The molecule has 1 saturated heterocycles. The van der Waals surface area contributed by atoms with Crippen molar-refractivity contribution in [1.29, 1.82) is 0 Å². The smallest absolute Gasteiger partial charge is 0.280 e. The average molecular weight is 423 g/mol. The summed E-state index contributed by atoms with van der Waals surface area (Å²) in [4.78, 5) is 12.7. The molecular formula is C19H25N3O6S. The molecule has 1 amide bonds. The van der Waals surface area contributed by atoms with Crippen LogP contribution in [-0.2, 0) is 21.4 Å². The van der Waals surface area contributed by atoms with Gasteiger partial charge in [0, 0.05) is 13.6 Å². The van der Waals surface area contributed by atoms with E-state index in [1.54, 1.807) is 32.4 Å². The van der Waals surface area contributed by atoms with Gasteiger partial charge >= 0.3 is 0 Å². The minimum Gasteiger partial charge on any atom is -0.493 e. The zero-order valence-electron chi connectivity index (χ0n) is 16.5. The Labute approximate surface area is 170 Å². The first-order valence-corrected chi connectivity index (χ1v) is 10.6. The van der Waals surface area contributed by atoms with Crippen LogP contribution in [-0.4, -0.2) is 52.5 Å². The van der Waals surface area contributed by atoms with Crippen LogP contribution in [0.3, 0.4) is 0 Å². The Kier molecular flexibility index (Phi) is 6.46. The molecule has 0 bridgehead atoms. The molecule has 9 nitrogen and oxygen atoms in total. The van der Waals surface area contributed by atoms with E-state index in [-0.39, 0.29) is 12.3 Å². The van der Waals surface area contributed by atoms with Gasteiger partial charge in [0.15, 0.2) is 11.5 Å². The second kappa shape index (κ2) is 8.85. The molecule has 0 spiro atoms. The zero-order valence-corrected chi connectivity index (χ0v) is 17.4. The number of ether oxygens (including phenoxy) is 2. The highest BCUT2D eigenvalue weighted by atomic mass is 32.2. The van der Waals surface area contributed by atoms with Crippen molar-refractivity contribution in [1.82, 2.24) is 14.3 Å². The average Bonchev–Trinajstić information content (AvgIpc) is 3.24. The van der Waals surface area contributed by atoms with Crippen LogP contribution in [0.2, 0.25) is 0 Å². The molecule has 0 radical (unpaired) electrons. The van der Waals surface area contributed by atoms with Gasteiger partial charge in [0.1, 0.15) is 11.8 Å². The van der Waals surface area contributed by atoms with Crippen molar-refractivity contribution in [3.63, 3.8) is 0 Å². The van der Waals surface area contributed by atoms with Crippen LogP contribution in [0, 0.1) is 0 Å². The molecule has 29 heavy (non-hydrogen) atoms. The van der Waals surface area contributed by atoms with E-state index in [9.17, 15) is 13.2 Å². The normalized spacial score (nSPS) is 21.5. The second-order valence-corrected chi connectivity index (χ2v) is 8.45. The van der Waals surface area contributed by atoms with Gasteiger partial charge in [-0.25, -0.2) is 0 Å². The molecule has 0 saturated carbocycles. The maximum atomic E-state index is 12.7. The third-order valence-corrected chi connectivity index (χ3v) is 6.51. The van der Waals surface area contributed by atoms with Crippen LogP contribution in [0.25, 0.3) is 0 Å². The van der Waals surface area contributed by atoms with Crippen LogP contribution in [0.4, 0.5) is 0 Å². The van der Waals surface area contributed by atoms with Crippen molar-refractivity contribution in [3.8, 4) is 11.5 Å². The lowest BCUT2D eigenvalue weighted by Gasteiger charge is -2.35. The number of amides is 1. The lowest BCUT2D eigenvalue weighted by molar-refractivity contribution is -0.125. The Balaban J connectivity index is 1.63. The van der Waals surface area contributed by atoms with Crippen LogP contribution in [0.5, 0.6) is 11.5 Å². The maximum Gasteiger partial charge on any atom is 0.280 e. The molecule has 2 N–H and O–H groups in total. The lowest BCUT2D eigenvalue weighted by Crippen LogP contribution is -2.57. The van der Waals surface area contributed by atoms with Crippen molar-refractivity contribution in [3.05, 3.63) is 47.9 Å². The third kappa shape index (κ3) is 4.72. The number of hydrogen-bond donors (Lipinski definition) is 2. The van der Waals surface area contributed by atoms with Gasteiger partial charge in [-0.05, 0) is 42.7 Å². The highest BCUT2D eigenvalue weighted by Gasteiger charge is 2.41. The number of nitrogens with one attached hydrogen (secondary N) is 2. The van der Waals surface area contributed by atoms with Crippen molar-refractivity contribution in [2.24, 2.45) is 0 Å². The number of carbonyl (C=O) groups is 1. The number of benzene rings is 1. The van der Waals surface area contributed by atoms with Gasteiger partial charge in [0.2, 0.25) is 5.91 Å². The van der Waals surface area contributed by atoms with Crippen molar-refractivity contribution < 1.29 is 27.1 Å². The molecule has 2 heterocycles. The Bertz CT molecular complexity index is 945. The molecule has 2 aromatic rings. The molecule has 0 unspecified atom stereocenters. The summed E-state index contributed by atoms with van der Waals surface area (Å²) < 4.78 is 44.2. The summed E-state index contributed by atoms with van der Waals surface area (Å²) in [5.41, 5.74) is 0.961. The molecule has 10 heteroatoms. The lowest BCUT2D eigenvalue weighted by atomic mass is 10.0. The van der Waals surface area contributed by atoms with Gasteiger partial charge in [-0.1, -0.05) is 6.07 Å². The monoisotopic (exact) mass is 423 g/mol. The van der Waals surface area contributed by atoms with Gasteiger partial charge < -0.3 is 19.2 Å². The van der Waals surface area contributed by atoms with E-state index in [0.29, 0.717) is 30.2 Å². The Morgan fingerprint density at radius 1 is 1.28 bits per heavy atom. The minimum absolute atomic E-state index is 0.269. The highest BCUT2D eigenvalue weighted by Crippen LogP contribution is 2.29. The van der Waals surface area contributed by atoms with E-state index in [2.05, 4.69) is 10.0 Å². The molecular weight excluding hydrogens is 398 g/mol. The van der Waals surface area contributed by atoms with Gasteiger partial charge in [0.25, 0.3) is 10.2 Å². The Hall–Kier alpha value is -2.56. The van der Waals surface area contributed by atoms with E-state index >= 15 is 0 Å². The van der Waals surface area contributed by atoms with E-state index < -0.39 is 22.3 Å². The quantitative estimate of drug-likeness (QED) is 0.693. The van der Waals surface area contributed by atoms with E-state index in [1.165, 1.54) is 13.3 Å². The summed E-state index contributed by atoms with van der Waals surface area (Å²) in [6.07, 6.45) is 2.31. The van der Waals surface area contributed by atoms with Crippen molar-refractivity contribution >= 4 is 16.1 Å². The van der Waals surface area contributed by atoms with Crippen LogP contribution >= 0.6 is 0 Å². The SMILES string of the molecule is COc1ccc(CCNC(=O)[C@H]2C[C@@H](c3ccco3)NS(=O)(=O)N2C)cc1OC. The maximum absolute atomic E-state index is 12.7. The first-order valence-electron chi connectivity index (χ1n) is 9.13. The van der Waals surface area contributed by atoms with E-state index in [1.807, 2.05) is 12.1 Å². The fraction of sp³-hybridized carbons (Fsp3) is 0.421. The minimum atomic E-state index is -3.79. The summed E-state index contributed by atoms with van der Waals surface area (Å²) in [6, 6.07) is 7.48. The molecule has 2 atom stereocenters. The van der Waals surface area contributed by atoms with Crippen molar-refractivity contribution in [2.75, 3.05) is 27.8 Å². The number of carbonyl (C=O) groups excluding carboxylic acids is 1. The number of furan rings is 1. The largest absolute Gasteiger partial charge is 0.493 e. The second-order valence-electron chi connectivity index (χ2n) is 6.69. The topological polar surface area (TPSA) is 110 Å². The summed E-state index contributed by atoms with van der Waals surface area (Å²) >= 11 is 0. The fourth-order valence-corrected chi connectivity index (χ4v) is 4.53. The highest BCUT2D eigenvalue weighted by molar-refractivity contribution is 7.87. The van der Waals surface area contributed by atoms with E-state index in [0.717, 1.165) is 9.87 Å². The summed E-state index contributed by atoms with van der Waals surface area (Å²) in [7, 11) is 0.724. The van der Waals surface area contributed by atoms with Crippen LogP contribution in [0.1, 0.15) is 23.8 Å². The zero-order chi connectivity index (χ0) is 21.0. The number of hydrogen-bond acceptors (Lipinski definition) is 6. The predicted octanol–water partition coefficient (Wildman–Crippen LogP) is 1.24. The Morgan fingerprint density at radius 2 is 2.03 bits per heavy atom. The molecule has 1 aliphatic heterocycles. The van der Waals surface area contributed by atoms with Gasteiger partial charge in [-0.15, -0.1) is 0 Å². The molecule has 0 aliphatic carbocycles.